The van der Waals surface area contributed by atoms with Gasteiger partial charge in [-0.1, -0.05) is 18.2 Å². The summed E-state index contributed by atoms with van der Waals surface area (Å²) in [5, 5.41) is 9.21. The molecule has 1 aromatic carbocycles. The Hall–Kier alpha value is -1.96. The zero-order valence-electron chi connectivity index (χ0n) is 9.74. The molecule has 1 aliphatic carbocycles. The van der Waals surface area contributed by atoms with Crippen molar-refractivity contribution in [3.8, 4) is 11.8 Å². The predicted octanol–water partition coefficient (Wildman–Crippen LogP) is 2.72. The quantitative estimate of drug-likeness (QED) is 0.829. The van der Waals surface area contributed by atoms with Gasteiger partial charge in [0.05, 0.1) is 11.5 Å². The molecule has 0 saturated heterocycles. The molecule has 0 spiro atoms. The lowest BCUT2D eigenvalue weighted by molar-refractivity contribution is -0.126. The Morgan fingerprint density at radius 3 is 2.61 bits per heavy atom. The number of benzene rings is 1. The summed E-state index contributed by atoms with van der Waals surface area (Å²) in [6.07, 6.45) is 0.124. The molecule has 1 aliphatic rings. The average Bonchev–Trinajstić information content (AvgIpc) is 2.27. The van der Waals surface area contributed by atoms with E-state index < -0.39 is 12.0 Å². The second-order valence-corrected chi connectivity index (χ2v) is 4.42. The molecule has 0 amide bonds. The third-order valence-corrected chi connectivity index (χ3v) is 3.15. The minimum atomic E-state index is -2.95. The number of ether oxygens (including phenoxy) is 1. The van der Waals surface area contributed by atoms with E-state index in [0.717, 1.165) is 0 Å². The highest BCUT2D eigenvalue weighted by Crippen LogP contribution is 2.45. The number of halogens is 2. The molecule has 18 heavy (non-hydrogen) atoms. The lowest BCUT2D eigenvalue weighted by Gasteiger charge is -2.35. The van der Waals surface area contributed by atoms with Crippen LogP contribution >= 0.6 is 0 Å². The zero-order valence-corrected chi connectivity index (χ0v) is 9.74. The Balaban J connectivity index is 2.48. The summed E-state index contributed by atoms with van der Waals surface area (Å²) in [4.78, 5) is 11.1. The molecule has 0 N–H and O–H groups in total. The number of carbonyl (C=O) groups is 1. The van der Waals surface area contributed by atoms with Gasteiger partial charge >= 0.3 is 6.61 Å². The Morgan fingerprint density at radius 1 is 1.44 bits per heavy atom. The van der Waals surface area contributed by atoms with E-state index in [1.54, 1.807) is 25.1 Å². The summed E-state index contributed by atoms with van der Waals surface area (Å²) in [5.74, 6) is -0.0254. The highest BCUT2D eigenvalue weighted by molar-refractivity contribution is 5.90. The van der Waals surface area contributed by atoms with E-state index in [1.165, 1.54) is 0 Å². The number of aryl methyl sites for hydroxylation is 1. The van der Waals surface area contributed by atoms with Gasteiger partial charge in [0.1, 0.15) is 11.5 Å². The summed E-state index contributed by atoms with van der Waals surface area (Å²) >= 11 is 0. The van der Waals surface area contributed by atoms with E-state index in [-0.39, 0.29) is 24.4 Å². The summed E-state index contributed by atoms with van der Waals surface area (Å²) in [6, 6.07) is 6.93. The molecule has 5 heteroatoms. The van der Waals surface area contributed by atoms with Crippen molar-refractivity contribution in [1.29, 1.82) is 5.26 Å². The van der Waals surface area contributed by atoms with Crippen molar-refractivity contribution in [1.82, 2.24) is 0 Å². The Labute approximate surface area is 103 Å². The van der Waals surface area contributed by atoms with Gasteiger partial charge in [0.25, 0.3) is 0 Å². The van der Waals surface area contributed by atoms with Crippen molar-refractivity contribution in [3.63, 3.8) is 0 Å². The van der Waals surface area contributed by atoms with Crippen LogP contribution < -0.4 is 4.74 Å². The van der Waals surface area contributed by atoms with E-state index in [0.29, 0.717) is 11.1 Å². The van der Waals surface area contributed by atoms with Crippen molar-refractivity contribution >= 4 is 5.78 Å². The van der Waals surface area contributed by atoms with Gasteiger partial charge in [-0.3, -0.25) is 4.79 Å². The average molecular weight is 251 g/mol. The van der Waals surface area contributed by atoms with Crippen LogP contribution in [-0.4, -0.2) is 12.4 Å². The number of nitriles is 1. The van der Waals surface area contributed by atoms with E-state index in [4.69, 9.17) is 0 Å². The lowest BCUT2D eigenvalue weighted by Crippen LogP contribution is -2.40. The van der Waals surface area contributed by atoms with Gasteiger partial charge in [0.2, 0.25) is 0 Å². The van der Waals surface area contributed by atoms with E-state index in [1.807, 2.05) is 0 Å². The zero-order chi connectivity index (χ0) is 13.3. The van der Waals surface area contributed by atoms with Crippen molar-refractivity contribution in [2.24, 2.45) is 0 Å². The second kappa shape index (κ2) is 4.37. The third kappa shape index (κ3) is 1.94. The minimum Gasteiger partial charge on any atom is -0.434 e. The number of alkyl halides is 2. The maximum Gasteiger partial charge on any atom is 0.387 e. The summed E-state index contributed by atoms with van der Waals surface area (Å²) in [7, 11) is 0. The molecule has 2 rings (SSSR count). The molecule has 0 bridgehead atoms. The van der Waals surface area contributed by atoms with Crippen LogP contribution in [0.5, 0.6) is 5.75 Å². The number of nitrogens with zero attached hydrogens (tertiary/aromatic N) is 1. The molecule has 0 aromatic heterocycles. The number of hydrogen-bond donors (Lipinski definition) is 0. The van der Waals surface area contributed by atoms with Crippen LogP contribution in [0, 0.1) is 18.3 Å². The van der Waals surface area contributed by atoms with Crippen LogP contribution in [0.4, 0.5) is 8.78 Å². The summed E-state index contributed by atoms with van der Waals surface area (Å²) in [5.41, 5.74) is -0.0977. The third-order valence-electron chi connectivity index (χ3n) is 3.15. The highest BCUT2D eigenvalue weighted by atomic mass is 19.3. The van der Waals surface area contributed by atoms with Gasteiger partial charge in [-0.25, -0.2) is 0 Å². The molecule has 1 fully saturated rings. The van der Waals surface area contributed by atoms with Gasteiger partial charge in [0.15, 0.2) is 0 Å². The standard InChI is InChI=1S/C13H11F2NO2/c1-8-3-2-4-10(11(8)18-12(14)15)13(7-16)5-9(17)6-13/h2-4,12H,5-6H2,1H3. The lowest BCUT2D eigenvalue weighted by atomic mass is 9.64. The second-order valence-electron chi connectivity index (χ2n) is 4.42. The van der Waals surface area contributed by atoms with Gasteiger partial charge < -0.3 is 4.74 Å². The van der Waals surface area contributed by atoms with E-state index in [9.17, 15) is 18.8 Å². The fraction of sp³-hybridized carbons (Fsp3) is 0.385. The van der Waals surface area contributed by atoms with Crippen LogP contribution in [0.1, 0.15) is 24.0 Å². The molecule has 0 atom stereocenters. The first-order valence-corrected chi connectivity index (χ1v) is 5.46. The molecule has 0 unspecified atom stereocenters. The van der Waals surface area contributed by atoms with Crippen molar-refractivity contribution < 1.29 is 18.3 Å². The minimum absolute atomic E-state index is 0.0153. The Kier molecular flexibility index (Phi) is 3.04. The maximum atomic E-state index is 12.4. The Bertz CT molecular complexity index is 526. The van der Waals surface area contributed by atoms with Gasteiger partial charge in [-0.05, 0) is 12.5 Å². The van der Waals surface area contributed by atoms with Crippen LogP contribution in [0.15, 0.2) is 18.2 Å². The molecule has 1 saturated carbocycles. The van der Waals surface area contributed by atoms with Gasteiger partial charge in [-0.15, -0.1) is 0 Å². The monoisotopic (exact) mass is 251 g/mol. The summed E-state index contributed by atoms with van der Waals surface area (Å²) < 4.78 is 29.3. The number of hydrogen-bond acceptors (Lipinski definition) is 3. The molecule has 0 aliphatic heterocycles. The molecule has 1 aromatic rings. The molecule has 3 nitrogen and oxygen atoms in total. The van der Waals surface area contributed by atoms with Crippen molar-refractivity contribution in [3.05, 3.63) is 29.3 Å². The Morgan fingerprint density at radius 2 is 2.11 bits per heavy atom. The molecule has 94 valence electrons. The number of rotatable bonds is 3. The predicted molar refractivity (Wildman–Crippen MR) is 59.3 cm³/mol. The van der Waals surface area contributed by atoms with Crippen LogP contribution in [0.2, 0.25) is 0 Å². The van der Waals surface area contributed by atoms with Crippen molar-refractivity contribution in [2.75, 3.05) is 0 Å². The van der Waals surface area contributed by atoms with Crippen LogP contribution in [-0.2, 0) is 10.2 Å². The first-order chi connectivity index (χ1) is 8.48. The maximum absolute atomic E-state index is 12.4. The normalized spacial score (nSPS) is 17.2. The fourth-order valence-corrected chi connectivity index (χ4v) is 2.23. The van der Waals surface area contributed by atoms with E-state index >= 15 is 0 Å². The first-order valence-electron chi connectivity index (χ1n) is 5.46. The topological polar surface area (TPSA) is 50.1 Å². The highest BCUT2D eigenvalue weighted by Gasteiger charge is 2.47. The SMILES string of the molecule is Cc1cccc(C2(C#N)CC(=O)C2)c1OC(F)F. The van der Waals surface area contributed by atoms with Crippen LogP contribution in [0.25, 0.3) is 0 Å². The van der Waals surface area contributed by atoms with Crippen LogP contribution in [0.3, 0.4) is 0 Å². The molecular weight excluding hydrogens is 240 g/mol. The van der Waals surface area contributed by atoms with Gasteiger partial charge in [-0.2, -0.15) is 14.0 Å². The summed E-state index contributed by atoms with van der Waals surface area (Å²) in [6.45, 7) is -1.32. The number of ketones is 1. The number of carbonyl (C=O) groups excluding carboxylic acids is 1. The molecule has 0 heterocycles. The van der Waals surface area contributed by atoms with E-state index in [2.05, 4.69) is 10.8 Å². The number of Topliss-reactive ketones (excluding diaryl/α,β-unsaturated/α-hetero) is 1. The van der Waals surface area contributed by atoms with Gasteiger partial charge in [0, 0.05) is 18.4 Å². The fourth-order valence-electron chi connectivity index (χ4n) is 2.23. The largest absolute Gasteiger partial charge is 0.434 e. The first kappa shape index (κ1) is 12.5. The van der Waals surface area contributed by atoms with Crippen molar-refractivity contribution in [2.45, 2.75) is 31.8 Å². The smallest absolute Gasteiger partial charge is 0.387 e. The molecular formula is C13H11F2NO2. The number of para-hydroxylation sites is 1. The molecule has 0 radical (unpaired) electrons.